The average Bonchev–Trinajstić information content (AvgIpc) is 2.05. The molecule has 0 radical (unpaired) electrons. The van der Waals surface area contributed by atoms with Crippen LogP contribution in [0.15, 0.2) is 0 Å². The summed E-state index contributed by atoms with van der Waals surface area (Å²) >= 11 is 0. The minimum absolute atomic E-state index is 0.198. The largest absolute Gasteiger partial charge is 0.444 e. The fraction of sp³-hybridized carbons (Fsp3) is 0.917. The lowest BCUT2D eigenvalue weighted by atomic mass is 9.82. The molecule has 0 heterocycles. The lowest BCUT2D eigenvalue weighted by Gasteiger charge is -2.37. The average molecular weight is 229 g/mol. The number of nitrogens with one attached hydrogen (secondary N) is 1. The monoisotopic (exact) mass is 229 g/mol. The van der Waals surface area contributed by atoms with Crippen molar-refractivity contribution in [2.75, 3.05) is 0 Å². The highest BCUT2D eigenvalue weighted by atomic mass is 16.6. The predicted molar refractivity (Wildman–Crippen MR) is 62.2 cm³/mol. The second-order valence-corrected chi connectivity index (χ2v) is 5.80. The second-order valence-electron chi connectivity index (χ2n) is 5.80. The fourth-order valence-electron chi connectivity index (χ4n) is 1.99. The molecule has 0 aromatic rings. The summed E-state index contributed by atoms with van der Waals surface area (Å²) in [5, 5.41) is 12.9. The number of amides is 1. The van der Waals surface area contributed by atoms with E-state index in [2.05, 4.69) is 5.32 Å². The molecule has 0 bridgehead atoms. The normalized spacial score (nSPS) is 30.9. The first-order valence-corrected chi connectivity index (χ1v) is 5.93. The molecule has 94 valence electrons. The van der Waals surface area contributed by atoms with Crippen LogP contribution in [0.25, 0.3) is 0 Å². The van der Waals surface area contributed by atoms with Gasteiger partial charge in [0, 0.05) is 0 Å². The Morgan fingerprint density at radius 1 is 1.44 bits per heavy atom. The topological polar surface area (TPSA) is 58.6 Å². The number of hydrogen-bond donors (Lipinski definition) is 2. The van der Waals surface area contributed by atoms with Gasteiger partial charge in [-0.1, -0.05) is 12.8 Å². The van der Waals surface area contributed by atoms with Crippen LogP contribution < -0.4 is 5.32 Å². The van der Waals surface area contributed by atoms with Crippen molar-refractivity contribution in [3.8, 4) is 0 Å². The Morgan fingerprint density at radius 2 is 2.06 bits per heavy atom. The van der Waals surface area contributed by atoms with E-state index >= 15 is 0 Å². The molecule has 0 saturated heterocycles. The molecule has 1 aliphatic carbocycles. The van der Waals surface area contributed by atoms with Gasteiger partial charge in [0.25, 0.3) is 0 Å². The SMILES string of the molecule is CC(C)(C)OC(=O)N[C@H]1CCCC[C@]1(C)O. The number of hydrogen-bond acceptors (Lipinski definition) is 3. The fourth-order valence-corrected chi connectivity index (χ4v) is 1.99. The molecule has 0 unspecified atom stereocenters. The van der Waals surface area contributed by atoms with E-state index in [1.807, 2.05) is 20.8 Å². The molecule has 2 atom stereocenters. The zero-order valence-electron chi connectivity index (χ0n) is 10.7. The Labute approximate surface area is 97.4 Å². The van der Waals surface area contributed by atoms with Gasteiger partial charge in [-0.3, -0.25) is 0 Å². The molecule has 0 spiro atoms. The molecule has 4 heteroatoms. The Balaban J connectivity index is 2.49. The first kappa shape index (κ1) is 13.3. The summed E-state index contributed by atoms with van der Waals surface area (Å²) in [5.74, 6) is 0. The third-order valence-electron chi connectivity index (χ3n) is 2.87. The first-order chi connectivity index (χ1) is 7.21. The van der Waals surface area contributed by atoms with Gasteiger partial charge in [-0.2, -0.15) is 0 Å². The van der Waals surface area contributed by atoms with Crippen LogP contribution in [-0.2, 0) is 4.74 Å². The van der Waals surface area contributed by atoms with Gasteiger partial charge in [0.1, 0.15) is 5.60 Å². The highest BCUT2D eigenvalue weighted by molar-refractivity contribution is 5.68. The van der Waals surface area contributed by atoms with Crippen molar-refractivity contribution in [3.05, 3.63) is 0 Å². The number of ether oxygens (including phenoxy) is 1. The van der Waals surface area contributed by atoms with Gasteiger partial charge in [-0.05, 0) is 40.5 Å². The highest BCUT2D eigenvalue weighted by Gasteiger charge is 2.36. The van der Waals surface area contributed by atoms with Crippen LogP contribution in [0.3, 0.4) is 0 Å². The standard InChI is InChI=1S/C12H23NO3/c1-11(2,3)16-10(14)13-9-7-5-6-8-12(9,4)15/h9,15H,5-8H2,1-4H3,(H,13,14)/t9-,12-/m0/s1. The van der Waals surface area contributed by atoms with E-state index in [9.17, 15) is 9.90 Å². The van der Waals surface area contributed by atoms with Gasteiger partial charge in [0.05, 0.1) is 11.6 Å². The third kappa shape index (κ3) is 4.00. The third-order valence-corrected chi connectivity index (χ3v) is 2.87. The second kappa shape index (κ2) is 4.62. The molecule has 2 N–H and O–H groups in total. The van der Waals surface area contributed by atoms with Crippen molar-refractivity contribution in [2.45, 2.75) is 70.6 Å². The molecular weight excluding hydrogens is 206 g/mol. The summed E-state index contributed by atoms with van der Waals surface area (Å²) in [5.41, 5.74) is -1.31. The van der Waals surface area contributed by atoms with Crippen molar-refractivity contribution in [1.29, 1.82) is 0 Å². The van der Waals surface area contributed by atoms with E-state index in [1.54, 1.807) is 6.92 Å². The Morgan fingerprint density at radius 3 is 2.56 bits per heavy atom. The van der Waals surface area contributed by atoms with Crippen LogP contribution in [-0.4, -0.2) is 28.4 Å². The quantitative estimate of drug-likeness (QED) is 0.724. The van der Waals surface area contributed by atoms with Gasteiger partial charge < -0.3 is 15.2 Å². The molecule has 1 fully saturated rings. The maximum Gasteiger partial charge on any atom is 0.407 e. The van der Waals surface area contributed by atoms with Crippen LogP contribution in [0, 0.1) is 0 Å². The molecule has 4 nitrogen and oxygen atoms in total. The van der Waals surface area contributed by atoms with Crippen molar-refractivity contribution < 1.29 is 14.6 Å². The minimum Gasteiger partial charge on any atom is -0.444 e. The summed E-state index contributed by atoms with van der Waals surface area (Å²) in [4.78, 5) is 11.6. The molecule has 0 aromatic carbocycles. The van der Waals surface area contributed by atoms with Crippen molar-refractivity contribution in [2.24, 2.45) is 0 Å². The van der Waals surface area contributed by atoms with E-state index in [0.717, 1.165) is 25.7 Å². The van der Waals surface area contributed by atoms with Crippen molar-refractivity contribution in [3.63, 3.8) is 0 Å². The number of carbonyl (C=O) groups excluding carboxylic acids is 1. The maximum absolute atomic E-state index is 11.6. The van der Waals surface area contributed by atoms with Gasteiger partial charge >= 0.3 is 6.09 Å². The molecule has 16 heavy (non-hydrogen) atoms. The van der Waals surface area contributed by atoms with Gasteiger partial charge in [0.2, 0.25) is 0 Å². The lowest BCUT2D eigenvalue weighted by Crippen LogP contribution is -2.53. The Hall–Kier alpha value is -0.770. The van der Waals surface area contributed by atoms with Crippen LogP contribution in [0.2, 0.25) is 0 Å². The lowest BCUT2D eigenvalue weighted by molar-refractivity contribution is -0.0171. The van der Waals surface area contributed by atoms with E-state index < -0.39 is 17.3 Å². The number of alkyl carbamates (subject to hydrolysis) is 1. The molecule has 0 aromatic heterocycles. The summed E-state index contributed by atoms with van der Waals surface area (Å²) < 4.78 is 5.17. The molecule has 1 aliphatic rings. The highest BCUT2D eigenvalue weighted by Crippen LogP contribution is 2.28. The van der Waals surface area contributed by atoms with E-state index in [-0.39, 0.29) is 6.04 Å². The first-order valence-electron chi connectivity index (χ1n) is 5.93. The number of rotatable bonds is 1. The zero-order chi connectivity index (χ0) is 12.4. The van der Waals surface area contributed by atoms with E-state index in [0.29, 0.717) is 0 Å². The Kier molecular flexibility index (Phi) is 3.84. The summed E-state index contributed by atoms with van der Waals surface area (Å²) in [6.07, 6.45) is 3.15. The summed E-state index contributed by atoms with van der Waals surface area (Å²) in [7, 11) is 0. The zero-order valence-corrected chi connectivity index (χ0v) is 10.7. The minimum atomic E-state index is -0.810. The van der Waals surface area contributed by atoms with Gasteiger partial charge in [-0.25, -0.2) is 4.79 Å². The van der Waals surface area contributed by atoms with Crippen LogP contribution in [0.5, 0.6) is 0 Å². The van der Waals surface area contributed by atoms with Crippen LogP contribution in [0.4, 0.5) is 4.79 Å². The molecule has 0 aliphatic heterocycles. The smallest absolute Gasteiger partial charge is 0.407 e. The van der Waals surface area contributed by atoms with Crippen LogP contribution in [0.1, 0.15) is 53.4 Å². The van der Waals surface area contributed by atoms with Crippen molar-refractivity contribution >= 4 is 6.09 Å². The molecule has 1 rings (SSSR count). The molecular formula is C12H23NO3. The maximum atomic E-state index is 11.6. The van der Waals surface area contributed by atoms with Crippen LogP contribution >= 0.6 is 0 Å². The van der Waals surface area contributed by atoms with E-state index in [1.165, 1.54) is 0 Å². The van der Waals surface area contributed by atoms with Gasteiger partial charge in [-0.15, -0.1) is 0 Å². The summed E-state index contributed by atoms with van der Waals surface area (Å²) in [6, 6.07) is -0.198. The summed E-state index contributed by atoms with van der Waals surface area (Å²) in [6.45, 7) is 7.25. The Bertz CT molecular complexity index is 255. The van der Waals surface area contributed by atoms with E-state index in [4.69, 9.17) is 4.74 Å². The number of carbonyl (C=O) groups is 1. The van der Waals surface area contributed by atoms with Gasteiger partial charge in [0.15, 0.2) is 0 Å². The molecule has 1 saturated carbocycles. The molecule has 1 amide bonds. The number of aliphatic hydroxyl groups is 1. The van der Waals surface area contributed by atoms with Crippen molar-refractivity contribution in [1.82, 2.24) is 5.32 Å². The predicted octanol–water partition coefficient (Wildman–Crippen LogP) is 2.20.